The van der Waals surface area contributed by atoms with Crippen LogP contribution in [-0.2, 0) is 0 Å². The van der Waals surface area contributed by atoms with Crippen LogP contribution in [0.3, 0.4) is 0 Å². The van der Waals surface area contributed by atoms with Crippen LogP contribution in [0.2, 0.25) is 0 Å². The van der Waals surface area contributed by atoms with Gasteiger partial charge in [0.25, 0.3) is 0 Å². The molecule has 20 heavy (non-hydrogen) atoms. The van der Waals surface area contributed by atoms with Crippen molar-refractivity contribution in [1.29, 1.82) is 5.41 Å². The summed E-state index contributed by atoms with van der Waals surface area (Å²) in [5.74, 6) is 0.0695. The van der Waals surface area contributed by atoms with E-state index in [0.717, 1.165) is 28.6 Å². The Balaban J connectivity index is 2.35. The van der Waals surface area contributed by atoms with E-state index in [2.05, 4.69) is 20.8 Å². The first-order valence-electron chi connectivity index (χ1n) is 7.15. The highest BCUT2D eigenvalue weighted by Gasteiger charge is 2.23. The zero-order chi connectivity index (χ0) is 14.5. The monoisotopic (exact) mass is 339 g/mol. The molecule has 1 aliphatic rings. The number of anilines is 1. The number of rotatable bonds is 5. The van der Waals surface area contributed by atoms with E-state index >= 15 is 0 Å². The summed E-state index contributed by atoms with van der Waals surface area (Å²) in [6.45, 7) is 0.705. The summed E-state index contributed by atoms with van der Waals surface area (Å²) in [6.07, 6.45) is 6.06. The molecule has 0 heterocycles. The molecule has 1 aromatic carbocycles. The fourth-order valence-corrected chi connectivity index (χ4v) is 3.34. The highest BCUT2D eigenvalue weighted by molar-refractivity contribution is 9.10. The van der Waals surface area contributed by atoms with Crippen molar-refractivity contribution in [1.82, 2.24) is 0 Å². The third-order valence-electron chi connectivity index (χ3n) is 3.91. The molecular formula is C15H22BrN3O. The standard InChI is InChI=1S/C15H22BrN3O/c16-11-6-7-14(13(10-11)15(17)18)19(8-9-20)12-4-2-1-3-5-12/h6-7,10,12,20H,1-5,8-9H2,(H3,17,18). The summed E-state index contributed by atoms with van der Waals surface area (Å²) in [4.78, 5) is 2.22. The Labute approximate surface area is 128 Å². The molecule has 4 nitrogen and oxygen atoms in total. The molecule has 110 valence electrons. The van der Waals surface area contributed by atoms with E-state index in [1.165, 1.54) is 19.3 Å². The second kappa shape index (κ2) is 7.09. The van der Waals surface area contributed by atoms with Crippen molar-refractivity contribution in [2.24, 2.45) is 5.73 Å². The number of nitrogens with two attached hydrogens (primary N) is 1. The summed E-state index contributed by atoms with van der Waals surface area (Å²) in [5, 5.41) is 17.2. The Kier molecular flexibility index (Phi) is 5.43. The van der Waals surface area contributed by atoms with Crippen LogP contribution in [0.1, 0.15) is 37.7 Å². The number of amidine groups is 1. The van der Waals surface area contributed by atoms with E-state index in [4.69, 9.17) is 11.1 Å². The second-order valence-corrected chi connectivity index (χ2v) is 6.20. The van der Waals surface area contributed by atoms with Gasteiger partial charge in [0.2, 0.25) is 0 Å². The van der Waals surface area contributed by atoms with Crippen molar-refractivity contribution in [3.8, 4) is 0 Å². The summed E-state index contributed by atoms with van der Waals surface area (Å²) >= 11 is 3.43. The van der Waals surface area contributed by atoms with Crippen LogP contribution < -0.4 is 10.6 Å². The van der Waals surface area contributed by atoms with Gasteiger partial charge in [-0.1, -0.05) is 35.2 Å². The fraction of sp³-hybridized carbons (Fsp3) is 0.533. The zero-order valence-electron chi connectivity index (χ0n) is 11.6. The van der Waals surface area contributed by atoms with Crippen LogP contribution in [0.5, 0.6) is 0 Å². The second-order valence-electron chi connectivity index (χ2n) is 5.28. The predicted molar refractivity (Wildman–Crippen MR) is 86.5 cm³/mol. The van der Waals surface area contributed by atoms with Crippen LogP contribution in [0.25, 0.3) is 0 Å². The Morgan fingerprint density at radius 1 is 1.35 bits per heavy atom. The Hall–Kier alpha value is -1.07. The molecule has 0 radical (unpaired) electrons. The van der Waals surface area contributed by atoms with Crippen LogP contribution in [-0.4, -0.2) is 30.1 Å². The zero-order valence-corrected chi connectivity index (χ0v) is 13.2. The maximum Gasteiger partial charge on any atom is 0.124 e. The summed E-state index contributed by atoms with van der Waals surface area (Å²) in [5.41, 5.74) is 7.41. The lowest BCUT2D eigenvalue weighted by Gasteiger charge is -2.37. The fourth-order valence-electron chi connectivity index (χ4n) is 2.97. The average molecular weight is 340 g/mol. The van der Waals surface area contributed by atoms with E-state index in [-0.39, 0.29) is 12.4 Å². The van der Waals surface area contributed by atoms with Gasteiger partial charge in [-0.05, 0) is 31.0 Å². The molecule has 1 saturated carbocycles. The molecule has 0 saturated heterocycles. The molecule has 0 amide bonds. The number of hydrogen-bond acceptors (Lipinski definition) is 3. The maximum atomic E-state index is 9.38. The van der Waals surface area contributed by atoms with Gasteiger partial charge in [0.05, 0.1) is 6.61 Å². The van der Waals surface area contributed by atoms with Gasteiger partial charge in [-0.2, -0.15) is 0 Å². The van der Waals surface area contributed by atoms with E-state index in [0.29, 0.717) is 12.6 Å². The molecule has 0 aliphatic heterocycles. The number of nitrogen functional groups attached to an aromatic ring is 1. The molecule has 2 rings (SSSR count). The maximum absolute atomic E-state index is 9.38. The van der Waals surface area contributed by atoms with Crippen molar-refractivity contribution in [2.75, 3.05) is 18.1 Å². The molecule has 0 aromatic heterocycles. The molecule has 1 aliphatic carbocycles. The van der Waals surface area contributed by atoms with E-state index < -0.39 is 0 Å². The smallest absolute Gasteiger partial charge is 0.124 e. The van der Waals surface area contributed by atoms with Gasteiger partial charge in [-0.3, -0.25) is 5.41 Å². The molecule has 1 aromatic rings. The van der Waals surface area contributed by atoms with Crippen molar-refractivity contribution < 1.29 is 5.11 Å². The Bertz CT molecular complexity index is 472. The largest absolute Gasteiger partial charge is 0.395 e. The first-order valence-corrected chi connectivity index (χ1v) is 7.94. The minimum Gasteiger partial charge on any atom is -0.395 e. The summed E-state index contributed by atoms with van der Waals surface area (Å²) in [6, 6.07) is 6.28. The summed E-state index contributed by atoms with van der Waals surface area (Å²) in [7, 11) is 0. The normalized spacial score (nSPS) is 16.1. The number of aliphatic hydroxyl groups is 1. The molecule has 0 spiro atoms. The quantitative estimate of drug-likeness (QED) is 0.570. The van der Waals surface area contributed by atoms with Crippen molar-refractivity contribution >= 4 is 27.5 Å². The van der Waals surface area contributed by atoms with E-state index in [1.54, 1.807) is 0 Å². The third kappa shape index (κ3) is 3.52. The van der Waals surface area contributed by atoms with Crippen LogP contribution >= 0.6 is 15.9 Å². The van der Waals surface area contributed by atoms with Gasteiger partial charge in [0.1, 0.15) is 5.84 Å². The topological polar surface area (TPSA) is 73.3 Å². The van der Waals surface area contributed by atoms with Crippen molar-refractivity contribution in [2.45, 2.75) is 38.1 Å². The molecule has 1 fully saturated rings. The lowest BCUT2D eigenvalue weighted by molar-refractivity contribution is 0.290. The average Bonchev–Trinajstić information content (AvgIpc) is 2.46. The van der Waals surface area contributed by atoms with Gasteiger partial charge in [-0.15, -0.1) is 0 Å². The number of hydrogen-bond donors (Lipinski definition) is 3. The molecule has 4 N–H and O–H groups in total. The van der Waals surface area contributed by atoms with E-state index in [9.17, 15) is 5.11 Å². The lowest BCUT2D eigenvalue weighted by atomic mass is 9.93. The number of nitrogens with one attached hydrogen (secondary N) is 1. The van der Waals surface area contributed by atoms with Crippen LogP contribution in [0, 0.1) is 5.41 Å². The first-order chi connectivity index (χ1) is 9.63. The number of nitrogens with zero attached hydrogens (tertiary/aromatic N) is 1. The number of aliphatic hydroxyl groups excluding tert-OH is 1. The summed E-state index contributed by atoms with van der Waals surface area (Å²) < 4.78 is 0.916. The molecule has 0 unspecified atom stereocenters. The third-order valence-corrected chi connectivity index (χ3v) is 4.41. The van der Waals surface area contributed by atoms with Gasteiger partial charge in [0.15, 0.2) is 0 Å². The number of benzene rings is 1. The van der Waals surface area contributed by atoms with Gasteiger partial charge < -0.3 is 15.7 Å². The van der Waals surface area contributed by atoms with Crippen molar-refractivity contribution in [3.05, 3.63) is 28.2 Å². The van der Waals surface area contributed by atoms with Gasteiger partial charge in [-0.25, -0.2) is 0 Å². The van der Waals surface area contributed by atoms with E-state index in [1.807, 2.05) is 18.2 Å². The highest BCUT2D eigenvalue weighted by Crippen LogP contribution is 2.31. The Morgan fingerprint density at radius 3 is 2.65 bits per heavy atom. The van der Waals surface area contributed by atoms with Crippen LogP contribution in [0.4, 0.5) is 5.69 Å². The van der Waals surface area contributed by atoms with Gasteiger partial charge in [0, 0.05) is 28.3 Å². The Morgan fingerprint density at radius 2 is 2.05 bits per heavy atom. The lowest BCUT2D eigenvalue weighted by Crippen LogP contribution is -2.40. The number of halogens is 1. The molecule has 0 bridgehead atoms. The van der Waals surface area contributed by atoms with Gasteiger partial charge >= 0.3 is 0 Å². The van der Waals surface area contributed by atoms with Crippen molar-refractivity contribution in [3.63, 3.8) is 0 Å². The predicted octanol–water partition coefficient (Wildman–Crippen LogP) is 2.86. The highest BCUT2D eigenvalue weighted by atomic mass is 79.9. The molecule has 0 atom stereocenters. The first kappa shape index (κ1) is 15.3. The SMILES string of the molecule is N=C(N)c1cc(Br)ccc1N(CCO)C1CCCCC1. The van der Waals surface area contributed by atoms with Crippen LogP contribution in [0.15, 0.2) is 22.7 Å². The minimum atomic E-state index is 0.0695. The molecule has 5 heteroatoms. The molecular weight excluding hydrogens is 318 g/mol. The minimum absolute atomic E-state index is 0.0695.